The summed E-state index contributed by atoms with van der Waals surface area (Å²) in [4.78, 5) is 28.4. The van der Waals surface area contributed by atoms with Crippen LogP contribution in [0, 0.1) is 0 Å². The predicted molar refractivity (Wildman–Crippen MR) is 133 cm³/mol. The molecule has 3 aromatic carbocycles. The molecule has 4 aromatic rings. The Hall–Kier alpha value is -4.43. The number of phenolic OH excluding ortho intramolecular Hbond substituents is 1. The van der Waals surface area contributed by atoms with Crippen molar-refractivity contribution in [3.8, 4) is 17.2 Å². The minimum Gasteiger partial charge on any atom is -0.506 e. The number of carbonyl (C=O) groups is 2. The second kappa shape index (κ2) is 8.98. The number of Topliss-reactive ketones (excluding diaryl/α,β-unsaturated/α-hetero) is 1. The molecule has 182 valence electrons. The number of para-hydroxylation sites is 1. The number of phenols is 1. The first kappa shape index (κ1) is 23.3. The van der Waals surface area contributed by atoms with E-state index in [1.165, 1.54) is 43.4 Å². The number of nitrogens with zero attached hydrogens (tertiary/aromatic N) is 1. The van der Waals surface area contributed by atoms with Crippen LogP contribution >= 0.6 is 11.6 Å². The van der Waals surface area contributed by atoms with Crippen LogP contribution in [0.3, 0.4) is 0 Å². The maximum atomic E-state index is 13.8. The molecule has 0 aliphatic carbocycles. The summed E-state index contributed by atoms with van der Waals surface area (Å²) in [5.74, 6) is -1.39. The molecule has 2 heterocycles. The van der Waals surface area contributed by atoms with Crippen LogP contribution in [0.2, 0.25) is 5.02 Å². The van der Waals surface area contributed by atoms with E-state index >= 15 is 0 Å². The number of ketones is 1. The van der Waals surface area contributed by atoms with Crippen molar-refractivity contribution in [3.63, 3.8) is 0 Å². The van der Waals surface area contributed by atoms with E-state index in [0.717, 1.165) is 0 Å². The van der Waals surface area contributed by atoms with Gasteiger partial charge in [0.2, 0.25) is 5.78 Å². The zero-order valence-electron chi connectivity index (χ0n) is 19.2. The second-order valence-electron chi connectivity index (χ2n) is 8.07. The topological polar surface area (TPSA) is 109 Å². The van der Waals surface area contributed by atoms with Gasteiger partial charge in [-0.25, -0.2) is 0 Å². The molecule has 0 fully saturated rings. The van der Waals surface area contributed by atoms with Gasteiger partial charge in [-0.15, -0.1) is 0 Å². The number of aliphatic hydroxyl groups is 1. The number of hydrogen-bond donors (Lipinski definition) is 2. The lowest BCUT2D eigenvalue weighted by atomic mass is 9.94. The fraction of sp³-hybridized carbons (Fsp3) is 0.111. The third-order valence-electron chi connectivity index (χ3n) is 6.04. The van der Waals surface area contributed by atoms with Crippen molar-refractivity contribution in [1.29, 1.82) is 0 Å². The Labute approximate surface area is 210 Å². The molecule has 1 aliphatic heterocycles. The van der Waals surface area contributed by atoms with Crippen LogP contribution in [0.25, 0.3) is 11.0 Å². The summed E-state index contributed by atoms with van der Waals surface area (Å²) < 4.78 is 16.3. The van der Waals surface area contributed by atoms with Crippen LogP contribution in [-0.2, 0) is 4.79 Å². The van der Waals surface area contributed by atoms with Gasteiger partial charge in [0, 0.05) is 11.1 Å². The fourth-order valence-electron chi connectivity index (χ4n) is 4.30. The largest absolute Gasteiger partial charge is 0.506 e. The maximum Gasteiger partial charge on any atom is 0.294 e. The summed E-state index contributed by atoms with van der Waals surface area (Å²) in [6.45, 7) is 0. The number of rotatable bonds is 6. The molecule has 1 atom stereocenters. The highest BCUT2D eigenvalue weighted by atomic mass is 35.5. The minimum absolute atomic E-state index is 0.0290. The van der Waals surface area contributed by atoms with Gasteiger partial charge < -0.3 is 24.1 Å². The summed E-state index contributed by atoms with van der Waals surface area (Å²) in [5, 5.41) is 21.5. The highest BCUT2D eigenvalue weighted by Gasteiger charge is 2.45. The van der Waals surface area contributed by atoms with E-state index in [-0.39, 0.29) is 22.1 Å². The number of aliphatic hydroxyl groups excluding tert-OH is 1. The van der Waals surface area contributed by atoms with Crippen molar-refractivity contribution in [1.82, 2.24) is 0 Å². The van der Waals surface area contributed by atoms with Gasteiger partial charge in [0.05, 0.1) is 30.9 Å². The molecule has 1 aromatic heterocycles. The van der Waals surface area contributed by atoms with Gasteiger partial charge in [0.1, 0.15) is 11.5 Å². The van der Waals surface area contributed by atoms with Crippen molar-refractivity contribution in [3.05, 3.63) is 94.4 Å². The average Bonchev–Trinajstić information content (AvgIpc) is 3.44. The summed E-state index contributed by atoms with van der Waals surface area (Å²) in [7, 11) is 3.00. The van der Waals surface area contributed by atoms with Crippen LogP contribution in [0.5, 0.6) is 17.2 Å². The standard InChI is InChI=1S/C27H20ClNO7/c1-34-17-9-7-16(8-10-17)29-23(14-6-11-19(30)18(28)12-14)22(25(32)27(29)33)24(31)21-13-15-4-3-5-20(35-2)26(15)36-21/h3-13,23,30,32H,1-2H3. The molecule has 0 saturated heterocycles. The summed E-state index contributed by atoms with van der Waals surface area (Å²) in [6, 6.07) is 16.6. The van der Waals surface area contributed by atoms with Gasteiger partial charge in [-0.1, -0.05) is 29.8 Å². The number of halogens is 1. The van der Waals surface area contributed by atoms with Crippen LogP contribution < -0.4 is 14.4 Å². The number of hydrogen-bond acceptors (Lipinski definition) is 7. The molecule has 2 N–H and O–H groups in total. The van der Waals surface area contributed by atoms with Gasteiger partial charge in [-0.2, -0.15) is 0 Å². The van der Waals surface area contributed by atoms with E-state index in [1.807, 2.05) is 0 Å². The molecule has 1 amide bonds. The highest BCUT2D eigenvalue weighted by molar-refractivity contribution is 6.32. The van der Waals surface area contributed by atoms with Crippen LogP contribution in [-0.4, -0.2) is 36.1 Å². The normalized spacial score (nSPS) is 15.6. The number of anilines is 1. The number of amides is 1. The number of aromatic hydroxyl groups is 1. The molecule has 1 unspecified atom stereocenters. The number of ether oxygens (including phenoxy) is 2. The smallest absolute Gasteiger partial charge is 0.294 e. The monoisotopic (exact) mass is 505 g/mol. The Bertz CT molecular complexity index is 1540. The van der Waals surface area contributed by atoms with Crippen molar-refractivity contribution in [2.45, 2.75) is 6.04 Å². The van der Waals surface area contributed by atoms with E-state index in [9.17, 15) is 19.8 Å². The number of benzene rings is 3. The van der Waals surface area contributed by atoms with Crippen LogP contribution in [0.1, 0.15) is 22.2 Å². The lowest BCUT2D eigenvalue weighted by Gasteiger charge is -2.27. The molecule has 0 radical (unpaired) electrons. The number of furan rings is 1. The lowest BCUT2D eigenvalue weighted by Crippen LogP contribution is -2.31. The van der Waals surface area contributed by atoms with E-state index in [2.05, 4.69) is 0 Å². The van der Waals surface area contributed by atoms with Crippen molar-refractivity contribution in [2.24, 2.45) is 0 Å². The quantitative estimate of drug-likeness (QED) is 0.328. The first-order chi connectivity index (χ1) is 17.3. The van der Waals surface area contributed by atoms with E-state index in [4.69, 9.17) is 25.5 Å². The molecular formula is C27H20ClNO7. The third kappa shape index (κ3) is 3.72. The average molecular weight is 506 g/mol. The van der Waals surface area contributed by atoms with Gasteiger partial charge in [0.15, 0.2) is 22.9 Å². The molecule has 0 saturated carbocycles. The molecule has 5 rings (SSSR count). The van der Waals surface area contributed by atoms with E-state index in [0.29, 0.717) is 33.7 Å². The van der Waals surface area contributed by atoms with Crippen molar-refractivity contribution in [2.75, 3.05) is 19.1 Å². The highest BCUT2D eigenvalue weighted by Crippen LogP contribution is 2.44. The third-order valence-corrected chi connectivity index (χ3v) is 6.35. The molecule has 0 bridgehead atoms. The lowest BCUT2D eigenvalue weighted by molar-refractivity contribution is -0.117. The molecule has 1 aliphatic rings. The first-order valence-corrected chi connectivity index (χ1v) is 11.2. The Morgan fingerprint density at radius 1 is 1.00 bits per heavy atom. The van der Waals surface area contributed by atoms with Gasteiger partial charge in [-0.05, 0) is 54.1 Å². The van der Waals surface area contributed by atoms with E-state index < -0.39 is 23.5 Å². The van der Waals surface area contributed by atoms with Crippen molar-refractivity contribution >= 4 is 39.9 Å². The first-order valence-electron chi connectivity index (χ1n) is 10.8. The second-order valence-corrected chi connectivity index (χ2v) is 8.47. The molecule has 0 spiro atoms. The van der Waals surface area contributed by atoms with Gasteiger partial charge in [-0.3, -0.25) is 14.5 Å². The molecule has 36 heavy (non-hydrogen) atoms. The van der Waals surface area contributed by atoms with Crippen LogP contribution in [0.15, 0.2) is 82.5 Å². The SMILES string of the molecule is COc1ccc(N2C(=O)C(O)=C(C(=O)c3cc4cccc(OC)c4o3)C2c2ccc(O)c(Cl)c2)cc1. The Kier molecular flexibility index (Phi) is 5.81. The number of fused-ring (bicyclic) bond motifs is 1. The summed E-state index contributed by atoms with van der Waals surface area (Å²) in [6.07, 6.45) is 0. The minimum atomic E-state index is -1.05. The predicted octanol–water partition coefficient (Wildman–Crippen LogP) is 5.59. The zero-order chi connectivity index (χ0) is 25.6. The van der Waals surface area contributed by atoms with Crippen molar-refractivity contribution < 1.29 is 33.7 Å². The summed E-state index contributed by atoms with van der Waals surface area (Å²) >= 11 is 6.16. The Morgan fingerprint density at radius 3 is 2.42 bits per heavy atom. The summed E-state index contributed by atoms with van der Waals surface area (Å²) in [5.41, 5.74) is 0.998. The Morgan fingerprint density at radius 2 is 1.75 bits per heavy atom. The Balaban J connectivity index is 1.66. The zero-order valence-corrected chi connectivity index (χ0v) is 19.9. The van der Waals surface area contributed by atoms with Gasteiger partial charge >= 0.3 is 0 Å². The molecule has 8 nitrogen and oxygen atoms in total. The van der Waals surface area contributed by atoms with Gasteiger partial charge in [0.25, 0.3) is 5.91 Å². The fourth-order valence-corrected chi connectivity index (χ4v) is 4.49. The number of carbonyl (C=O) groups excluding carboxylic acids is 2. The maximum absolute atomic E-state index is 13.8. The van der Waals surface area contributed by atoms with E-state index in [1.54, 1.807) is 42.5 Å². The molecule has 9 heteroatoms. The number of methoxy groups -OCH3 is 2. The molecular weight excluding hydrogens is 486 g/mol. The van der Waals surface area contributed by atoms with Crippen LogP contribution in [0.4, 0.5) is 5.69 Å².